The Morgan fingerprint density at radius 1 is 1.12 bits per heavy atom. The Morgan fingerprint density at radius 3 is 2.24 bits per heavy atom. The van der Waals surface area contributed by atoms with Crippen molar-refractivity contribution in [1.82, 2.24) is 10.6 Å². The number of urea groups is 1. The number of aliphatic carboxylic acids is 1. The third-order valence-electron chi connectivity index (χ3n) is 3.49. The first kappa shape index (κ1) is 20.5. The Labute approximate surface area is 148 Å². The highest BCUT2D eigenvalue weighted by molar-refractivity contribution is 5.95. The molecule has 138 valence electrons. The number of carboxylic acid groups (broad SMARTS) is 1. The summed E-state index contributed by atoms with van der Waals surface area (Å²) in [4.78, 5) is 34.6. The predicted molar refractivity (Wildman–Crippen MR) is 96.7 cm³/mol. The standard InChI is InChI=1S/C18H27N3O4/c1-12(2)11-19-16(24)13-5-7-14(8-6-13)20-17(25)21-18(3,4)10-9-15(22)23/h5-8,12H,9-11H2,1-4H3,(H,19,24)(H,22,23)(H2,20,21,25). The molecule has 1 rings (SSSR count). The van der Waals surface area contributed by atoms with Crippen LogP contribution < -0.4 is 16.0 Å². The molecule has 0 unspecified atom stereocenters. The lowest BCUT2D eigenvalue weighted by Gasteiger charge is -2.25. The topological polar surface area (TPSA) is 108 Å². The van der Waals surface area contributed by atoms with E-state index < -0.39 is 17.5 Å². The van der Waals surface area contributed by atoms with Crippen LogP contribution >= 0.6 is 0 Å². The molecule has 0 saturated heterocycles. The molecule has 25 heavy (non-hydrogen) atoms. The summed E-state index contributed by atoms with van der Waals surface area (Å²) in [6, 6.07) is 6.15. The van der Waals surface area contributed by atoms with Crippen molar-refractivity contribution in [2.45, 2.75) is 46.1 Å². The molecule has 0 aliphatic rings. The molecule has 3 amide bonds. The fraction of sp³-hybridized carbons (Fsp3) is 0.500. The zero-order chi connectivity index (χ0) is 19.0. The van der Waals surface area contributed by atoms with Gasteiger partial charge in [0, 0.05) is 29.8 Å². The number of rotatable bonds is 8. The van der Waals surface area contributed by atoms with E-state index in [1.807, 2.05) is 13.8 Å². The van der Waals surface area contributed by atoms with Gasteiger partial charge in [0.15, 0.2) is 0 Å². The van der Waals surface area contributed by atoms with E-state index in [1.54, 1.807) is 38.1 Å². The van der Waals surface area contributed by atoms with Crippen LogP contribution in [0, 0.1) is 5.92 Å². The van der Waals surface area contributed by atoms with Crippen LogP contribution in [0.3, 0.4) is 0 Å². The van der Waals surface area contributed by atoms with Gasteiger partial charge in [-0.05, 0) is 50.5 Å². The maximum absolute atomic E-state index is 12.0. The molecular formula is C18H27N3O4. The van der Waals surface area contributed by atoms with Crippen molar-refractivity contribution < 1.29 is 19.5 Å². The average molecular weight is 349 g/mol. The lowest BCUT2D eigenvalue weighted by atomic mass is 9.99. The predicted octanol–water partition coefficient (Wildman–Crippen LogP) is 2.84. The van der Waals surface area contributed by atoms with E-state index >= 15 is 0 Å². The van der Waals surface area contributed by atoms with Gasteiger partial charge < -0.3 is 21.1 Å². The molecular weight excluding hydrogens is 322 g/mol. The fourth-order valence-corrected chi connectivity index (χ4v) is 2.06. The minimum Gasteiger partial charge on any atom is -0.481 e. The molecule has 7 heteroatoms. The van der Waals surface area contributed by atoms with Gasteiger partial charge in [-0.1, -0.05) is 13.8 Å². The second-order valence-corrected chi connectivity index (χ2v) is 7.04. The monoisotopic (exact) mass is 349 g/mol. The average Bonchev–Trinajstić information content (AvgIpc) is 2.51. The summed E-state index contributed by atoms with van der Waals surface area (Å²) in [5.74, 6) is -0.681. The Morgan fingerprint density at radius 2 is 1.72 bits per heavy atom. The quantitative estimate of drug-likeness (QED) is 0.579. The van der Waals surface area contributed by atoms with Crippen molar-refractivity contribution >= 4 is 23.6 Å². The van der Waals surface area contributed by atoms with Crippen molar-refractivity contribution in [1.29, 1.82) is 0 Å². The molecule has 0 spiro atoms. The van der Waals surface area contributed by atoms with Gasteiger partial charge in [-0.15, -0.1) is 0 Å². The molecule has 1 aromatic rings. The van der Waals surface area contributed by atoms with Gasteiger partial charge in [0.2, 0.25) is 0 Å². The van der Waals surface area contributed by atoms with Gasteiger partial charge in [-0.3, -0.25) is 9.59 Å². The Hall–Kier alpha value is -2.57. The molecule has 7 nitrogen and oxygen atoms in total. The minimum absolute atomic E-state index is 0.0204. The number of carboxylic acids is 1. The van der Waals surface area contributed by atoms with Gasteiger partial charge in [0.05, 0.1) is 0 Å². The maximum Gasteiger partial charge on any atom is 0.319 e. The van der Waals surface area contributed by atoms with Crippen molar-refractivity contribution in [2.24, 2.45) is 5.92 Å². The van der Waals surface area contributed by atoms with E-state index in [0.29, 0.717) is 30.1 Å². The highest BCUT2D eigenvalue weighted by Gasteiger charge is 2.21. The number of nitrogens with one attached hydrogen (secondary N) is 3. The minimum atomic E-state index is -0.901. The number of carbonyl (C=O) groups excluding carboxylic acids is 2. The third kappa shape index (κ3) is 8.19. The molecule has 0 aliphatic heterocycles. The normalized spacial score (nSPS) is 11.1. The second-order valence-electron chi connectivity index (χ2n) is 7.04. The highest BCUT2D eigenvalue weighted by Crippen LogP contribution is 2.13. The number of hydrogen-bond donors (Lipinski definition) is 4. The molecule has 0 aliphatic carbocycles. The van der Waals surface area contributed by atoms with E-state index in [4.69, 9.17) is 5.11 Å². The number of benzene rings is 1. The van der Waals surface area contributed by atoms with Crippen molar-refractivity contribution in [3.05, 3.63) is 29.8 Å². The lowest BCUT2D eigenvalue weighted by molar-refractivity contribution is -0.137. The molecule has 0 saturated carbocycles. The van der Waals surface area contributed by atoms with Gasteiger partial charge >= 0.3 is 12.0 Å². The van der Waals surface area contributed by atoms with Crippen LogP contribution in [0.1, 0.15) is 50.9 Å². The van der Waals surface area contributed by atoms with Gasteiger partial charge in [0.25, 0.3) is 5.91 Å². The first-order chi connectivity index (χ1) is 11.6. The zero-order valence-electron chi connectivity index (χ0n) is 15.2. The summed E-state index contributed by atoms with van der Waals surface area (Å²) in [5, 5.41) is 17.0. The third-order valence-corrected chi connectivity index (χ3v) is 3.49. The molecule has 4 N–H and O–H groups in total. The molecule has 0 radical (unpaired) electrons. The van der Waals surface area contributed by atoms with Crippen LogP contribution in [-0.4, -0.2) is 35.1 Å². The van der Waals surface area contributed by atoms with E-state index in [2.05, 4.69) is 16.0 Å². The number of amides is 3. The van der Waals surface area contributed by atoms with Gasteiger partial charge in [0.1, 0.15) is 0 Å². The molecule has 0 aromatic heterocycles. The summed E-state index contributed by atoms with van der Waals surface area (Å²) in [5.41, 5.74) is 0.430. The Balaban J connectivity index is 2.55. The van der Waals surface area contributed by atoms with E-state index in [1.165, 1.54) is 0 Å². The van der Waals surface area contributed by atoms with Crippen LogP contribution in [0.4, 0.5) is 10.5 Å². The summed E-state index contributed by atoms with van der Waals surface area (Å²) in [6.45, 7) is 8.16. The fourth-order valence-electron chi connectivity index (χ4n) is 2.06. The van der Waals surface area contributed by atoms with Crippen molar-refractivity contribution in [3.63, 3.8) is 0 Å². The lowest BCUT2D eigenvalue weighted by Crippen LogP contribution is -2.45. The number of carbonyl (C=O) groups is 3. The molecule has 0 bridgehead atoms. The Kier molecular flexibility index (Phi) is 7.42. The zero-order valence-corrected chi connectivity index (χ0v) is 15.2. The first-order valence-corrected chi connectivity index (χ1v) is 8.28. The summed E-state index contributed by atoms with van der Waals surface area (Å²) in [7, 11) is 0. The van der Waals surface area contributed by atoms with E-state index in [-0.39, 0.29) is 12.3 Å². The summed E-state index contributed by atoms with van der Waals surface area (Å²) in [6.07, 6.45) is 0.304. The first-order valence-electron chi connectivity index (χ1n) is 8.28. The molecule has 1 aromatic carbocycles. The molecule has 0 fully saturated rings. The maximum atomic E-state index is 12.0. The van der Waals surface area contributed by atoms with Gasteiger partial charge in [-0.2, -0.15) is 0 Å². The van der Waals surface area contributed by atoms with Crippen LogP contribution in [-0.2, 0) is 4.79 Å². The number of hydrogen-bond acceptors (Lipinski definition) is 3. The SMILES string of the molecule is CC(C)CNC(=O)c1ccc(NC(=O)NC(C)(C)CCC(=O)O)cc1. The van der Waals surface area contributed by atoms with Crippen LogP contribution in [0.25, 0.3) is 0 Å². The highest BCUT2D eigenvalue weighted by atomic mass is 16.4. The van der Waals surface area contributed by atoms with E-state index in [9.17, 15) is 14.4 Å². The van der Waals surface area contributed by atoms with Crippen LogP contribution in [0.5, 0.6) is 0 Å². The summed E-state index contributed by atoms with van der Waals surface area (Å²) < 4.78 is 0. The largest absolute Gasteiger partial charge is 0.481 e. The van der Waals surface area contributed by atoms with Crippen LogP contribution in [0.15, 0.2) is 24.3 Å². The summed E-state index contributed by atoms with van der Waals surface area (Å²) >= 11 is 0. The van der Waals surface area contributed by atoms with Gasteiger partial charge in [-0.25, -0.2) is 4.79 Å². The second kappa shape index (κ2) is 9.05. The van der Waals surface area contributed by atoms with Crippen molar-refractivity contribution in [3.8, 4) is 0 Å². The van der Waals surface area contributed by atoms with Crippen molar-refractivity contribution in [2.75, 3.05) is 11.9 Å². The smallest absolute Gasteiger partial charge is 0.319 e. The Bertz CT molecular complexity index is 609. The van der Waals surface area contributed by atoms with Crippen LogP contribution in [0.2, 0.25) is 0 Å². The molecule has 0 atom stereocenters. The molecule has 0 heterocycles. The van der Waals surface area contributed by atoms with E-state index in [0.717, 1.165) is 0 Å². The number of anilines is 1.